The van der Waals surface area contributed by atoms with Crippen LogP contribution in [0.5, 0.6) is 0 Å². The summed E-state index contributed by atoms with van der Waals surface area (Å²) in [6, 6.07) is 5.78. The van der Waals surface area contributed by atoms with Crippen molar-refractivity contribution in [3.05, 3.63) is 29.3 Å². The molecule has 19 heavy (non-hydrogen) atoms. The Balaban J connectivity index is 2.25. The molecule has 0 aromatic heterocycles. The first kappa shape index (κ1) is 13.9. The first-order valence-electron chi connectivity index (χ1n) is 6.84. The molecule has 1 amide bonds. The van der Waals surface area contributed by atoms with E-state index < -0.39 is 0 Å². The molecule has 0 bridgehead atoms. The van der Waals surface area contributed by atoms with Crippen molar-refractivity contribution in [2.45, 2.75) is 26.3 Å². The Kier molecular flexibility index (Phi) is 4.10. The Bertz CT molecular complexity index is 472. The largest absolute Gasteiger partial charge is 0.399 e. The molecule has 0 radical (unpaired) electrons. The molecule has 1 aliphatic rings. The second kappa shape index (κ2) is 5.61. The SMILES string of the molecule is Cc1ccc(N)cc1C(=O)N1CCCN(C)CC1C. The van der Waals surface area contributed by atoms with Gasteiger partial charge in [0.2, 0.25) is 0 Å². The molecule has 1 heterocycles. The number of nitrogen functional groups attached to an aromatic ring is 1. The van der Waals surface area contributed by atoms with Crippen molar-refractivity contribution < 1.29 is 4.79 Å². The van der Waals surface area contributed by atoms with Crippen molar-refractivity contribution in [1.82, 2.24) is 9.80 Å². The summed E-state index contributed by atoms with van der Waals surface area (Å²) < 4.78 is 0. The summed E-state index contributed by atoms with van der Waals surface area (Å²) in [6.45, 7) is 6.86. The van der Waals surface area contributed by atoms with Crippen LogP contribution >= 0.6 is 0 Å². The number of nitrogens with zero attached hydrogens (tertiary/aromatic N) is 2. The number of benzene rings is 1. The molecule has 1 aromatic rings. The minimum Gasteiger partial charge on any atom is -0.399 e. The van der Waals surface area contributed by atoms with E-state index in [4.69, 9.17) is 5.73 Å². The van der Waals surface area contributed by atoms with Crippen LogP contribution in [0, 0.1) is 6.92 Å². The van der Waals surface area contributed by atoms with Crippen LogP contribution in [0.2, 0.25) is 0 Å². The topological polar surface area (TPSA) is 49.6 Å². The fraction of sp³-hybridized carbons (Fsp3) is 0.533. The van der Waals surface area contributed by atoms with E-state index >= 15 is 0 Å². The Hall–Kier alpha value is -1.55. The normalized spacial score (nSPS) is 21.2. The summed E-state index contributed by atoms with van der Waals surface area (Å²) in [5.41, 5.74) is 8.17. The molecule has 0 spiro atoms. The van der Waals surface area contributed by atoms with Crippen molar-refractivity contribution in [3.8, 4) is 0 Å². The average Bonchev–Trinajstić information content (AvgIpc) is 2.52. The van der Waals surface area contributed by atoms with Gasteiger partial charge in [0.05, 0.1) is 0 Å². The zero-order valence-corrected chi connectivity index (χ0v) is 12.0. The molecule has 1 saturated heterocycles. The Morgan fingerprint density at radius 1 is 1.37 bits per heavy atom. The molecule has 4 heteroatoms. The van der Waals surface area contributed by atoms with Crippen LogP contribution < -0.4 is 5.73 Å². The van der Waals surface area contributed by atoms with E-state index in [-0.39, 0.29) is 11.9 Å². The maximum Gasteiger partial charge on any atom is 0.254 e. The highest BCUT2D eigenvalue weighted by Gasteiger charge is 2.25. The maximum atomic E-state index is 12.7. The molecule has 1 aliphatic heterocycles. The van der Waals surface area contributed by atoms with Gasteiger partial charge in [-0.3, -0.25) is 4.79 Å². The minimum absolute atomic E-state index is 0.104. The van der Waals surface area contributed by atoms with Crippen molar-refractivity contribution in [3.63, 3.8) is 0 Å². The minimum atomic E-state index is 0.104. The van der Waals surface area contributed by atoms with E-state index in [1.165, 1.54) is 0 Å². The van der Waals surface area contributed by atoms with Gasteiger partial charge in [0.15, 0.2) is 0 Å². The van der Waals surface area contributed by atoms with Gasteiger partial charge in [-0.15, -0.1) is 0 Å². The van der Waals surface area contributed by atoms with Gasteiger partial charge in [-0.2, -0.15) is 0 Å². The van der Waals surface area contributed by atoms with Crippen molar-refractivity contribution in [2.24, 2.45) is 0 Å². The number of rotatable bonds is 1. The predicted octanol–water partition coefficient (Wildman–Crippen LogP) is 1.74. The van der Waals surface area contributed by atoms with Crippen LogP contribution in [0.15, 0.2) is 18.2 Å². The first-order chi connectivity index (χ1) is 8.99. The van der Waals surface area contributed by atoms with E-state index in [9.17, 15) is 4.79 Å². The van der Waals surface area contributed by atoms with Crippen molar-refractivity contribution >= 4 is 11.6 Å². The van der Waals surface area contributed by atoms with Gasteiger partial charge in [0, 0.05) is 30.4 Å². The summed E-state index contributed by atoms with van der Waals surface area (Å²) in [5.74, 6) is 0.104. The zero-order valence-electron chi connectivity index (χ0n) is 12.0. The Morgan fingerprint density at radius 2 is 2.11 bits per heavy atom. The number of aryl methyl sites for hydroxylation is 1. The molecule has 1 atom stereocenters. The average molecular weight is 261 g/mol. The van der Waals surface area contributed by atoms with Crippen molar-refractivity contribution in [2.75, 3.05) is 32.4 Å². The maximum absolute atomic E-state index is 12.7. The quantitative estimate of drug-likeness (QED) is 0.783. The molecule has 2 N–H and O–H groups in total. The second-order valence-electron chi connectivity index (χ2n) is 5.54. The van der Waals surface area contributed by atoms with E-state index in [0.717, 1.165) is 37.2 Å². The highest BCUT2D eigenvalue weighted by molar-refractivity contribution is 5.96. The third-order valence-corrected chi connectivity index (χ3v) is 3.80. The first-order valence-corrected chi connectivity index (χ1v) is 6.84. The van der Waals surface area contributed by atoms with E-state index in [1.807, 2.05) is 24.0 Å². The van der Waals surface area contributed by atoms with Crippen LogP contribution in [-0.4, -0.2) is 48.4 Å². The Labute approximate surface area is 115 Å². The van der Waals surface area contributed by atoms with Crippen LogP contribution in [0.3, 0.4) is 0 Å². The lowest BCUT2D eigenvalue weighted by Crippen LogP contribution is -2.42. The fourth-order valence-electron chi connectivity index (χ4n) is 2.70. The highest BCUT2D eigenvalue weighted by Crippen LogP contribution is 2.18. The monoisotopic (exact) mass is 261 g/mol. The number of nitrogens with two attached hydrogens (primary N) is 1. The summed E-state index contributed by atoms with van der Waals surface area (Å²) in [5, 5.41) is 0. The predicted molar refractivity (Wildman–Crippen MR) is 78.2 cm³/mol. The zero-order chi connectivity index (χ0) is 14.0. The van der Waals surface area contributed by atoms with Crippen LogP contribution in [0.1, 0.15) is 29.3 Å². The molecule has 0 saturated carbocycles. The highest BCUT2D eigenvalue weighted by atomic mass is 16.2. The summed E-state index contributed by atoms with van der Waals surface area (Å²) >= 11 is 0. The van der Waals surface area contributed by atoms with Gasteiger partial charge in [0.25, 0.3) is 5.91 Å². The summed E-state index contributed by atoms with van der Waals surface area (Å²) in [6.07, 6.45) is 1.02. The Morgan fingerprint density at radius 3 is 2.84 bits per heavy atom. The fourth-order valence-corrected chi connectivity index (χ4v) is 2.70. The van der Waals surface area contributed by atoms with E-state index in [0.29, 0.717) is 5.69 Å². The molecule has 4 nitrogen and oxygen atoms in total. The third kappa shape index (κ3) is 3.07. The van der Waals surface area contributed by atoms with Gasteiger partial charge >= 0.3 is 0 Å². The number of carbonyl (C=O) groups is 1. The molecular formula is C15H23N3O. The molecule has 2 rings (SSSR count). The van der Waals surface area contributed by atoms with Gasteiger partial charge in [-0.25, -0.2) is 0 Å². The van der Waals surface area contributed by atoms with Gasteiger partial charge in [-0.1, -0.05) is 6.07 Å². The lowest BCUT2D eigenvalue weighted by Gasteiger charge is -2.28. The number of carbonyl (C=O) groups excluding carboxylic acids is 1. The molecule has 1 aromatic carbocycles. The smallest absolute Gasteiger partial charge is 0.254 e. The lowest BCUT2D eigenvalue weighted by atomic mass is 10.1. The molecule has 1 fully saturated rings. The standard InChI is InChI=1S/C15H23N3O/c1-11-5-6-13(16)9-14(11)15(19)18-8-4-7-17(3)10-12(18)2/h5-6,9,12H,4,7-8,10,16H2,1-3H3. The van der Waals surface area contributed by atoms with Gasteiger partial charge in [0.1, 0.15) is 0 Å². The van der Waals surface area contributed by atoms with Crippen LogP contribution in [0.4, 0.5) is 5.69 Å². The summed E-state index contributed by atoms with van der Waals surface area (Å²) in [7, 11) is 2.11. The molecule has 1 unspecified atom stereocenters. The molecular weight excluding hydrogens is 238 g/mol. The number of amides is 1. The third-order valence-electron chi connectivity index (χ3n) is 3.80. The lowest BCUT2D eigenvalue weighted by molar-refractivity contribution is 0.0696. The van der Waals surface area contributed by atoms with Gasteiger partial charge in [-0.05, 0) is 51.6 Å². The number of likely N-dealkylation sites (N-methyl/N-ethyl adjacent to an activating group) is 1. The van der Waals surface area contributed by atoms with Crippen LogP contribution in [0.25, 0.3) is 0 Å². The second-order valence-corrected chi connectivity index (χ2v) is 5.54. The van der Waals surface area contributed by atoms with Crippen LogP contribution in [-0.2, 0) is 0 Å². The summed E-state index contributed by atoms with van der Waals surface area (Å²) in [4.78, 5) is 17.0. The van der Waals surface area contributed by atoms with E-state index in [1.54, 1.807) is 6.07 Å². The number of hydrogen-bond acceptors (Lipinski definition) is 3. The van der Waals surface area contributed by atoms with Crippen molar-refractivity contribution in [1.29, 1.82) is 0 Å². The van der Waals surface area contributed by atoms with Gasteiger partial charge < -0.3 is 15.5 Å². The number of hydrogen-bond donors (Lipinski definition) is 1. The molecule has 0 aliphatic carbocycles. The number of anilines is 1. The molecule has 104 valence electrons. The van der Waals surface area contributed by atoms with E-state index in [2.05, 4.69) is 18.9 Å².